The molecule has 2 N–H and O–H groups in total. The van der Waals surface area contributed by atoms with Crippen LogP contribution in [0.15, 0.2) is 24.3 Å². The van der Waals surface area contributed by atoms with Crippen molar-refractivity contribution in [3.8, 4) is 0 Å². The van der Waals surface area contributed by atoms with Crippen molar-refractivity contribution in [2.24, 2.45) is 0 Å². The van der Waals surface area contributed by atoms with Crippen molar-refractivity contribution in [2.75, 3.05) is 19.7 Å². The number of nitrogens with one attached hydrogen (secondary N) is 2. The van der Waals surface area contributed by atoms with Crippen molar-refractivity contribution in [2.45, 2.75) is 32.4 Å². The summed E-state index contributed by atoms with van der Waals surface area (Å²) in [5.41, 5.74) is 2.44. The molecule has 104 valence electrons. The Labute approximate surface area is 114 Å². The second-order valence-electron chi connectivity index (χ2n) is 5.03. The first-order valence-electron chi connectivity index (χ1n) is 6.88. The molecule has 0 aliphatic carbocycles. The molecule has 1 fully saturated rings. The van der Waals surface area contributed by atoms with Gasteiger partial charge in [0.1, 0.15) is 0 Å². The third-order valence-electron chi connectivity index (χ3n) is 3.25. The Balaban J connectivity index is 1.60. The van der Waals surface area contributed by atoms with Crippen LogP contribution in [-0.4, -0.2) is 31.7 Å². The Morgan fingerprint density at radius 1 is 1.47 bits per heavy atom. The van der Waals surface area contributed by atoms with Crippen LogP contribution in [0.5, 0.6) is 0 Å². The van der Waals surface area contributed by atoms with Crippen molar-refractivity contribution in [1.29, 1.82) is 0 Å². The van der Waals surface area contributed by atoms with Gasteiger partial charge in [-0.1, -0.05) is 29.8 Å². The first kappa shape index (κ1) is 14.0. The highest BCUT2D eigenvalue weighted by atomic mass is 16.5. The van der Waals surface area contributed by atoms with Crippen LogP contribution in [0.2, 0.25) is 0 Å². The first-order valence-corrected chi connectivity index (χ1v) is 6.88. The monoisotopic (exact) mass is 262 g/mol. The van der Waals surface area contributed by atoms with Crippen LogP contribution >= 0.6 is 0 Å². The zero-order chi connectivity index (χ0) is 13.5. The van der Waals surface area contributed by atoms with E-state index in [-0.39, 0.29) is 12.0 Å². The fourth-order valence-corrected chi connectivity index (χ4v) is 2.24. The summed E-state index contributed by atoms with van der Waals surface area (Å²) in [6, 6.07) is 8.28. The molecular formula is C15H22N2O2. The van der Waals surface area contributed by atoms with Gasteiger partial charge in [0, 0.05) is 19.7 Å². The van der Waals surface area contributed by atoms with Gasteiger partial charge in [0.05, 0.1) is 12.6 Å². The molecule has 1 unspecified atom stereocenters. The van der Waals surface area contributed by atoms with Crippen LogP contribution in [0.4, 0.5) is 0 Å². The molecule has 19 heavy (non-hydrogen) atoms. The topological polar surface area (TPSA) is 50.4 Å². The van der Waals surface area contributed by atoms with E-state index in [1.165, 1.54) is 11.1 Å². The van der Waals surface area contributed by atoms with Crippen LogP contribution in [0.1, 0.15) is 24.0 Å². The van der Waals surface area contributed by atoms with Gasteiger partial charge in [-0.2, -0.15) is 0 Å². The summed E-state index contributed by atoms with van der Waals surface area (Å²) in [5.74, 6) is 0.0307. The largest absolute Gasteiger partial charge is 0.376 e. The van der Waals surface area contributed by atoms with Gasteiger partial charge in [0.15, 0.2) is 0 Å². The van der Waals surface area contributed by atoms with Gasteiger partial charge >= 0.3 is 0 Å². The molecule has 4 heteroatoms. The van der Waals surface area contributed by atoms with Crippen LogP contribution < -0.4 is 10.6 Å². The minimum atomic E-state index is 0.0307. The maximum Gasteiger partial charge on any atom is 0.234 e. The predicted octanol–water partition coefficient (Wildman–Crippen LogP) is 1.38. The zero-order valence-corrected chi connectivity index (χ0v) is 11.4. The van der Waals surface area contributed by atoms with Gasteiger partial charge in [-0.15, -0.1) is 0 Å². The summed E-state index contributed by atoms with van der Waals surface area (Å²) in [7, 11) is 0. The number of hydrogen-bond acceptors (Lipinski definition) is 3. The van der Waals surface area contributed by atoms with Gasteiger partial charge in [0.2, 0.25) is 5.91 Å². The molecular weight excluding hydrogens is 240 g/mol. The number of amides is 1. The number of carbonyl (C=O) groups is 1. The van der Waals surface area contributed by atoms with E-state index in [0.717, 1.165) is 26.0 Å². The molecule has 4 nitrogen and oxygen atoms in total. The lowest BCUT2D eigenvalue weighted by atomic mass is 10.1. The highest BCUT2D eigenvalue weighted by molar-refractivity contribution is 5.77. The standard InChI is InChI=1S/C15H22N2O2/c1-12-4-2-5-13(8-12)9-16-11-15(18)17-10-14-6-3-7-19-14/h2,4-5,8,14,16H,3,6-7,9-11H2,1H3,(H,17,18). The molecule has 1 aromatic rings. The number of carbonyl (C=O) groups excluding carboxylic acids is 1. The quantitative estimate of drug-likeness (QED) is 0.814. The molecule has 1 heterocycles. The molecule has 1 aliphatic heterocycles. The molecule has 1 saturated heterocycles. The summed E-state index contributed by atoms with van der Waals surface area (Å²) >= 11 is 0. The van der Waals surface area contributed by atoms with Crippen molar-refractivity contribution in [3.63, 3.8) is 0 Å². The fraction of sp³-hybridized carbons (Fsp3) is 0.533. The minimum absolute atomic E-state index is 0.0307. The number of rotatable bonds is 6. The molecule has 0 aromatic heterocycles. The molecule has 0 radical (unpaired) electrons. The normalized spacial score (nSPS) is 18.5. The maximum absolute atomic E-state index is 11.6. The molecule has 1 aromatic carbocycles. The average Bonchev–Trinajstić information content (AvgIpc) is 2.89. The van der Waals surface area contributed by atoms with Crippen LogP contribution in [0, 0.1) is 6.92 Å². The number of hydrogen-bond donors (Lipinski definition) is 2. The average molecular weight is 262 g/mol. The van der Waals surface area contributed by atoms with Gasteiger partial charge in [-0.25, -0.2) is 0 Å². The smallest absolute Gasteiger partial charge is 0.234 e. The number of aryl methyl sites for hydroxylation is 1. The SMILES string of the molecule is Cc1cccc(CNCC(=O)NCC2CCCO2)c1. The second kappa shape index (κ2) is 7.26. The van der Waals surface area contributed by atoms with Gasteiger partial charge in [-0.05, 0) is 25.3 Å². The molecule has 1 atom stereocenters. The van der Waals surface area contributed by atoms with E-state index in [2.05, 4.69) is 35.8 Å². The third-order valence-corrected chi connectivity index (χ3v) is 3.25. The van der Waals surface area contributed by atoms with Crippen molar-refractivity contribution < 1.29 is 9.53 Å². The van der Waals surface area contributed by atoms with E-state index in [9.17, 15) is 4.79 Å². The Hall–Kier alpha value is -1.39. The lowest BCUT2D eigenvalue weighted by molar-refractivity contribution is -0.120. The van der Waals surface area contributed by atoms with E-state index in [0.29, 0.717) is 13.1 Å². The Bertz CT molecular complexity index is 414. The Morgan fingerprint density at radius 2 is 2.37 bits per heavy atom. The number of benzene rings is 1. The molecule has 2 rings (SSSR count). The van der Waals surface area contributed by atoms with Crippen LogP contribution in [0.3, 0.4) is 0 Å². The van der Waals surface area contributed by atoms with Crippen molar-refractivity contribution in [3.05, 3.63) is 35.4 Å². The van der Waals surface area contributed by atoms with E-state index >= 15 is 0 Å². The van der Waals surface area contributed by atoms with Crippen molar-refractivity contribution in [1.82, 2.24) is 10.6 Å². The lowest BCUT2D eigenvalue weighted by Crippen LogP contribution is -2.37. The van der Waals surface area contributed by atoms with Gasteiger partial charge in [0.25, 0.3) is 0 Å². The van der Waals surface area contributed by atoms with E-state index in [1.54, 1.807) is 0 Å². The molecule has 1 aliphatic rings. The van der Waals surface area contributed by atoms with Crippen LogP contribution in [0.25, 0.3) is 0 Å². The summed E-state index contributed by atoms with van der Waals surface area (Å²) in [5, 5.41) is 6.05. The second-order valence-corrected chi connectivity index (χ2v) is 5.03. The summed E-state index contributed by atoms with van der Waals surface area (Å²) in [6.45, 7) is 4.59. The number of ether oxygens (including phenoxy) is 1. The summed E-state index contributed by atoms with van der Waals surface area (Å²) in [4.78, 5) is 11.6. The molecule has 0 bridgehead atoms. The Kier molecular flexibility index (Phi) is 5.36. The van der Waals surface area contributed by atoms with E-state index in [4.69, 9.17) is 4.74 Å². The fourth-order valence-electron chi connectivity index (χ4n) is 2.24. The maximum atomic E-state index is 11.6. The molecule has 1 amide bonds. The minimum Gasteiger partial charge on any atom is -0.376 e. The molecule has 0 spiro atoms. The van der Waals surface area contributed by atoms with Crippen LogP contribution in [-0.2, 0) is 16.1 Å². The highest BCUT2D eigenvalue weighted by Gasteiger charge is 2.15. The highest BCUT2D eigenvalue weighted by Crippen LogP contribution is 2.10. The molecule has 0 saturated carbocycles. The summed E-state index contributed by atoms with van der Waals surface area (Å²) in [6.07, 6.45) is 2.36. The summed E-state index contributed by atoms with van der Waals surface area (Å²) < 4.78 is 5.46. The van der Waals surface area contributed by atoms with Gasteiger partial charge in [-0.3, -0.25) is 4.79 Å². The predicted molar refractivity (Wildman–Crippen MR) is 74.9 cm³/mol. The first-order chi connectivity index (χ1) is 9.24. The third kappa shape index (κ3) is 5.01. The van der Waals surface area contributed by atoms with Gasteiger partial charge < -0.3 is 15.4 Å². The van der Waals surface area contributed by atoms with E-state index in [1.807, 2.05) is 6.07 Å². The lowest BCUT2D eigenvalue weighted by Gasteiger charge is -2.11. The Morgan fingerprint density at radius 3 is 3.11 bits per heavy atom. The van der Waals surface area contributed by atoms with Crippen molar-refractivity contribution >= 4 is 5.91 Å². The van der Waals surface area contributed by atoms with E-state index < -0.39 is 0 Å². The zero-order valence-electron chi connectivity index (χ0n) is 11.4.